The van der Waals surface area contributed by atoms with Crippen molar-refractivity contribution in [3.63, 3.8) is 0 Å². The third kappa shape index (κ3) is 3.11. The molecule has 0 spiro atoms. The maximum atomic E-state index is 6.00. The molecule has 6 heteroatoms. The Kier molecular flexibility index (Phi) is 4.69. The van der Waals surface area contributed by atoms with Gasteiger partial charge in [0, 0.05) is 13.6 Å². The van der Waals surface area contributed by atoms with E-state index in [0.717, 1.165) is 28.7 Å². The molecule has 0 saturated carbocycles. The van der Waals surface area contributed by atoms with Gasteiger partial charge in [0.1, 0.15) is 11.5 Å². The molecule has 0 fully saturated rings. The van der Waals surface area contributed by atoms with E-state index in [1.165, 1.54) is 0 Å². The van der Waals surface area contributed by atoms with Crippen LogP contribution in [-0.2, 0) is 13.6 Å². The van der Waals surface area contributed by atoms with Crippen molar-refractivity contribution in [3.05, 3.63) is 34.9 Å². The molecule has 2 aromatic rings. The van der Waals surface area contributed by atoms with Crippen LogP contribution in [0.4, 0.5) is 0 Å². The Morgan fingerprint density at radius 3 is 2.67 bits per heavy atom. The second-order valence-electron chi connectivity index (χ2n) is 5.31. The van der Waals surface area contributed by atoms with Crippen LogP contribution in [0.25, 0.3) is 0 Å². The summed E-state index contributed by atoms with van der Waals surface area (Å²) in [4.78, 5) is 2.16. The summed E-state index contributed by atoms with van der Waals surface area (Å²) in [7, 11) is 5.56. The first-order chi connectivity index (χ1) is 9.97. The first-order valence-corrected chi connectivity index (χ1v) is 7.01. The minimum absolute atomic E-state index is 0.0269. The van der Waals surface area contributed by atoms with Gasteiger partial charge in [0.25, 0.3) is 0 Å². The van der Waals surface area contributed by atoms with Crippen LogP contribution in [0.3, 0.4) is 0 Å². The van der Waals surface area contributed by atoms with E-state index in [2.05, 4.69) is 10.00 Å². The van der Waals surface area contributed by atoms with Gasteiger partial charge in [0.05, 0.1) is 31.0 Å². The summed E-state index contributed by atoms with van der Waals surface area (Å²) in [5.74, 6) is 2.59. The molecule has 2 N–H and O–H groups in total. The molecule has 0 aliphatic heterocycles. The van der Waals surface area contributed by atoms with Gasteiger partial charge in [-0.15, -0.1) is 0 Å². The van der Waals surface area contributed by atoms with E-state index in [1.807, 2.05) is 40.1 Å². The molecule has 2 rings (SSSR count). The summed E-state index contributed by atoms with van der Waals surface area (Å²) in [5.41, 5.74) is 7.97. The fraction of sp³-hybridized carbons (Fsp3) is 0.533. The zero-order valence-electron chi connectivity index (χ0n) is 13.4. The normalized spacial score (nSPS) is 12.9. The highest BCUT2D eigenvalue weighted by atomic mass is 16.5. The van der Waals surface area contributed by atoms with Crippen molar-refractivity contribution < 1.29 is 9.15 Å². The molecule has 0 aliphatic rings. The number of nitrogens with zero attached hydrogens (tertiary/aromatic N) is 3. The van der Waals surface area contributed by atoms with Gasteiger partial charge in [-0.1, -0.05) is 0 Å². The number of aryl methyl sites for hydroxylation is 3. The number of hydrogen-bond donors (Lipinski definition) is 1. The summed E-state index contributed by atoms with van der Waals surface area (Å²) >= 11 is 0. The van der Waals surface area contributed by atoms with E-state index in [1.54, 1.807) is 11.8 Å². The Morgan fingerprint density at radius 1 is 1.43 bits per heavy atom. The van der Waals surface area contributed by atoms with Crippen molar-refractivity contribution in [2.45, 2.75) is 26.4 Å². The SMILES string of the molecule is COc1c(C(CN)N(C)Cc2ccc(C)o2)c(C)nn1C. The zero-order chi connectivity index (χ0) is 15.6. The molecule has 116 valence electrons. The van der Waals surface area contributed by atoms with Gasteiger partial charge in [-0.05, 0) is 33.0 Å². The third-order valence-electron chi connectivity index (χ3n) is 3.70. The predicted molar refractivity (Wildman–Crippen MR) is 81.2 cm³/mol. The van der Waals surface area contributed by atoms with Crippen molar-refractivity contribution in [1.29, 1.82) is 0 Å². The summed E-state index contributed by atoms with van der Waals surface area (Å²) < 4.78 is 12.9. The zero-order valence-corrected chi connectivity index (χ0v) is 13.4. The summed E-state index contributed by atoms with van der Waals surface area (Å²) in [6.07, 6.45) is 0. The van der Waals surface area contributed by atoms with Crippen LogP contribution in [0.5, 0.6) is 5.88 Å². The van der Waals surface area contributed by atoms with Gasteiger partial charge in [-0.25, -0.2) is 4.68 Å². The van der Waals surface area contributed by atoms with Crippen LogP contribution in [0.15, 0.2) is 16.5 Å². The molecule has 1 atom stereocenters. The second-order valence-corrected chi connectivity index (χ2v) is 5.31. The first kappa shape index (κ1) is 15.6. The lowest BCUT2D eigenvalue weighted by Gasteiger charge is -2.26. The maximum Gasteiger partial charge on any atom is 0.216 e. The fourth-order valence-corrected chi connectivity index (χ4v) is 2.72. The van der Waals surface area contributed by atoms with Crippen LogP contribution in [0.1, 0.15) is 28.8 Å². The predicted octanol–water partition coefficient (Wildman–Crippen LogP) is 1.77. The summed E-state index contributed by atoms with van der Waals surface area (Å²) in [6, 6.07) is 3.99. The molecule has 0 saturated heterocycles. The van der Waals surface area contributed by atoms with Gasteiger partial charge in [-0.3, -0.25) is 4.90 Å². The average molecular weight is 292 g/mol. The van der Waals surface area contributed by atoms with E-state index in [4.69, 9.17) is 14.9 Å². The number of aromatic nitrogens is 2. The molecule has 2 heterocycles. The van der Waals surface area contributed by atoms with Crippen molar-refractivity contribution >= 4 is 0 Å². The van der Waals surface area contributed by atoms with Crippen LogP contribution in [0, 0.1) is 13.8 Å². The number of methoxy groups -OCH3 is 1. The second kappa shape index (κ2) is 6.32. The quantitative estimate of drug-likeness (QED) is 0.878. The van der Waals surface area contributed by atoms with Crippen molar-refractivity contribution in [3.8, 4) is 5.88 Å². The van der Waals surface area contributed by atoms with E-state index in [0.29, 0.717) is 13.1 Å². The van der Waals surface area contributed by atoms with Gasteiger partial charge >= 0.3 is 0 Å². The molecule has 0 aliphatic carbocycles. The molecule has 1 unspecified atom stereocenters. The number of furan rings is 1. The van der Waals surface area contributed by atoms with Crippen molar-refractivity contribution in [1.82, 2.24) is 14.7 Å². The molecular formula is C15H24N4O2. The van der Waals surface area contributed by atoms with E-state index in [-0.39, 0.29) is 6.04 Å². The molecule has 6 nitrogen and oxygen atoms in total. The highest BCUT2D eigenvalue weighted by molar-refractivity contribution is 5.34. The Balaban J connectivity index is 2.26. The largest absolute Gasteiger partial charge is 0.481 e. The van der Waals surface area contributed by atoms with E-state index in [9.17, 15) is 0 Å². The lowest BCUT2D eigenvalue weighted by atomic mass is 10.1. The average Bonchev–Trinajstić information content (AvgIpc) is 2.95. The number of rotatable bonds is 6. The minimum atomic E-state index is 0.0269. The lowest BCUT2D eigenvalue weighted by molar-refractivity contribution is 0.216. The Morgan fingerprint density at radius 2 is 2.14 bits per heavy atom. The smallest absolute Gasteiger partial charge is 0.216 e. The van der Waals surface area contributed by atoms with Crippen LogP contribution >= 0.6 is 0 Å². The number of nitrogens with two attached hydrogens (primary N) is 1. The Hall–Kier alpha value is -1.79. The molecule has 2 aromatic heterocycles. The number of ether oxygens (including phenoxy) is 1. The van der Waals surface area contributed by atoms with Gasteiger partial charge < -0.3 is 14.9 Å². The molecule has 0 bridgehead atoms. The molecule has 0 aromatic carbocycles. The van der Waals surface area contributed by atoms with Gasteiger partial charge in [-0.2, -0.15) is 5.10 Å². The summed E-state index contributed by atoms with van der Waals surface area (Å²) in [5, 5.41) is 4.43. The highest BCUT2D eigenvalue weighted by Gasteiger charge is 2.26. The van der Waals surface area contributed by atoms with E-state index >= 15 is 0 Å². The van der Waals surface area contributed by atoms with Crippen molar-refractivity contribution in [2.24, 2.45) is 12.8 Å². The van der Waals surface area contributed by atoms with E-state index < -0.39 is 0 Å². The summed E-state index contributed by atoms with van der Waals surface area (Å²) in [6.45, 7) is 5.09. The highest BCUT2D eigenvalue weighted by Crippen LogP contribution is 2.31. The van der Waals surface area contributed by atoms with Crippen LogP contribution < -0.4 is 10.5 Å². The third-order valence-corrected chi connectivity index (χ3v) is 3.70. The molecule has 21 heavy (non-hydrogen) atoms. The Labute approximate surface area is 125 Å². The number of hydrogen-bond acceptors (Lipinski definition) is 5. The Bertz CT molecular complexity index is 603. The monoisotopic (exact) mass is 292 g/mol. The minimum Gasteiger partial charge on any atom is -0.481 e. The fourth-order valence-electron chi connectivity index (χ4n) is 2.72. The molecular weight excluding hydrogens is 268 g/mol. The maximum absolute atomic E-state index is 6.00. The lowest BCUT2D eigenvalue weighted by Crippen LogP contribution is -2.30. The number of likely N-dealkylation sites (N-methyl/N-ethyl adjacent to an activating group) is 1. The van der Waals surface area contributed by atoms with Gasteiger partial charge in [0.15, 0.2) is 0 Å². The van der Waals surface area contributed by atoms with Crippen molar-refractivity contribution in [2.75, 3.05) is 20.7 Å². The van der Waals surface area contributed by atoms with Crippen LogP contribution in [0.2, 0.25) is 0 Å². The molecule has 0 radical (unpaired) electrons. The van der Waals surface area contributed by atoms with Crippen LogP contribution in [-0.4, -0.2) is 35.4 Å². The molecule has 0 amide bonds. The topological polar surface area (TPSA) is 69.5 Å². The standard InChI is InChI=1S/C15H24N4O2/c1-10-6-7-12(21-10)9-18(3)13(8-16)14-11(2)17-19(4)15(14)20-5/h6-7,13H,8-9,16H2,1-5H3. The first-order valence-electron chi connectivity index (χ1n) is 7.01. The van der Waals surface area contributed by atoms with Gasteiger partial charge in [0.2, 0.25) is 5.88 Å².